The van der Waals surface area contributed by atoms with Crippen molar-refractivity contribution in [2.24, 2.45) is 17.8 Å². The predicted molar refractivity (Wildman–Crippen MR) is 86.9 cm³/mol. The Balaban J connectivity index is 2.55. The zero-order valence-electron chi connectivity index (χ0n) is 12.3. The van der Waals surface area contributed by atoms with E-state index in [-0.39, 0.29) is 6.17 Å². The second-order valence-corrected chi connectivity index (χ2v) is 5.71. The van der Waals surface area contributed by atoms with E-state index >= 15 is 0 Å². The first kappa shape index (κ1) is 16.0. The van der Waals surface area contributed by atoms with Gasteiger partial charge < -0.3 is 10.6 Å². The summed E-state index contributed by atoms with van der Waals surface area (Å²) in [4.78, 5) is 0. The fraction of sp³-hybridized carbons (Fsp3) is 0.625. The summed E-state index contributed by atoms with van der Waals surface area (Å²) in [7, 11) is 0. The van der Waals surface area contributed by atoms with E-state index in [4.69, 9.17) is 12.2 Å². The van der Waals surface area contributed by atoms with E-state index in [1.165, 1.54) is 18.5 Å². The van der Waals surface area contributed by atoms with Crippen molar-refractivity contribution in [2.75, 3.05) is 0 Å². The molecule has 2 N–H and O–H groups in total. The first-order chi connectivity index (χ1) is 9.12. The second-order valence-electron chi connectivity index (χ2n) is 5.44. The van der Waals surface area contributed by atoms with Crippen molar-refractivity contribution in [3.05, 3.63) is 30.3 Å². The summed E-state index contributed by atoms with van der Waals surface area (Å²) in [5, 5.41) is 8.31. The lowest BCUT2D eigenvalue weighted by atomic mass is 9.86. The van der Waals surface area contributed by atoms with Gasteiger partial charge in [0.2, 0.25) is 0 Å². The van der Waals surface area contributed by atoms with Crippen LogP contribution in [0.25, 0.3) is 0 Å². The van der Waals surface area contributed by atoms with Gasteiger partial charge in [-0.3, -0.25) is 0 Å². The first-order valence-electron chi connectivity index (χ1n) is 7.16. The van der Waals surface area contributed by atoms with Crippen molar-refractivity contribution < 1.29 is 0 Å². The third-order valence-corrected chi connectivity index (χ3v) is 4.42. The van der Waals surface area contributed by atoms with Crippen LogP contribution in [0, 0.1) is 17.8 Å². The number of hydrogen-bond acceptors (Lipinski definition) is 3. The van der Waals surface area contributed by atoms with Crippen LogP contribution in [0.3, 0.4) is 0 Å². The molecule has 0 saturated carbocycles. The summed E-state index contributed by atoms with van der Waals surface area (Å²) in [6.45, 7) is 10.6. The zero-order chi connectivity index (χ0) is 14.3. The lowest BCUT2D eigenvalue weighted by molar-refractivity contribution is 0.336. The standard InChI is InChI=1S/C16H26N2S/c1-5-7-14(9-8-13(4)12(3)6-2)15-10-17-16(11-19)18-15/h7,10-14,16-18H,1,6,8-9H2,2-4H3. The van der Waals surface area contributed by atoms with Crippen LogP contribution < -0.4 is 10.6 Å². The molecule has 1 aliphatic heterocycles. The van der Waals surface area contributed by atoms with Gasteiger partial charge in [-0.15, -0.1) is 5.73 Å². The van der Waals surface area contributed by atoms with Crippen LogP contribution in [0.15, 0.2) is 30.3 Å². The summed E-state index contributed by atoms with van der Waals surface area (Å²) >= 11 is 4.95. The van der Waals surface area contributed by atoms with Crippen molar-refractivity contribution in [2.45, 2.75) is 46.2 Å². The summed E-state index contributed by atoms with van der Waals surface area (Å²) in [6, 6.07) is 0. The molecule has 0 amide bonds. The molecule has 4 unspecified atom stereocenters. The van der Waals surface area contributed by atoms with Crippen LogP contribution in [0.1, 0.15) is 40.0 Å². The van der Waals surface area contributed by atoms with Crippen molar-refractivity contribution in [3.8, 4) is 0 Å². The molecule has 1 rings (SSSR count). The average molecular weight is 278 g/mol. The SMILES string of the molecule is C=C=CC(CCC(C)C(C)CC)C1=CNC(C=S)N1. The quantitative estimate of drug-likeness (QED) is 0.522. The highest BCUT2D eigenvalue weighted by Crippen LogP contribution is 2.25. The van der Waals surface area contributed by atoms with E-state index in [2.05, 4.69) is 49.8 Å². The Labute approximate surface area is 123 Å². The van der Waals surface area contributed by atoms with Crippen molar-refractivity contribution in [1.82, 2.24) is 10.6 Å². The van der Waals surface area contributed by atoms with Crippen LogP contribution >= 0.6 is 12.2 Å². The van der Waals surface area contributed by atoms with Gasteiger partial charge in [0.25, 0.3) is 0 Å². The first-order valence-corrected chi connectivity index (χ1v) is 7.63. The van der Waals surface area contributed by atoms with Gasteiger partial charge in [-0.1, -0.05) is 46.0 Å². The maximum atomic E-state index is 4.95. The Morgan fingerprint density at radius 1 is 1.42 bits per heavy atom. The molecule has 4 atom stereocenters. The minimum Gasteiger partial charge on any atom is -0.366 e. The van der Waals surface area contributed by atoms with E-state index < -0.39 is 0 Å². The molecule has 0 aliphatic carbocycles. The fourth-order valence-electron chi connectivity index (χ4n) is 2.33. The third-order valence-electron chi connectivity index (χ3n) is 4.14. The molecule has 0 aromatic carbocycles. The number of nitrogens with one attached hydrogen (secondary N) is 2. The third kappa shape index (κ3) is 4.85. The molecule has 0 saturated heterocycles. The zero-order valence-corrected chi connectivity index (χ0v) is 13.1. The fourth-order valence-corrected chi connectivity index (χ4v) is 2.48. The summed E-state index contributed by atoms with van der Waals surface area (Å²) in [6.07, 6.45) is 7.75. The maximum absolute atomic E-state index is 4.95. The lowest BCUT2D eigenvalue weighted by Gasteiger charge is -2.21. The van der Waals surface area contributed by atoms with Crippen molar-refractivity contribution >= 4 is 17.6 Å². The van der Waals surface area contributed by atoms with Gasteiger partial charge in [-0.05, 0) is 30.8 Å². The smallest absolute Gasteiger partial charge is 0.126 e. The van der Waals surface area contributed by atoms with Crippen LogP contribution in [0.5, 0.6) is 0 Å². The number of rotatable bonds is 8. The molecule has 0 fully saturated rings. The van der Waals surface area contributed by atoms with Gasteiger partial charge in [0.05, 0.1) is 0 Å². The van der Waals surface area contributed by atoms with E-state index in [0.717, 1.165) is 18.3 Å². The number of thiocarbonyl (C=S) groups is 1. The van der Waals surface area contributed by atoms with Gasteiger partial charge in [0.1, 0.15) is 6.17 Å². The maximum Gasteiger partial charge on any atom is 0.126 e. The highest BCUT2D eigenvalue weighted by atomic mass is 32.1. The molecule has 0 aromatic rings. The van der Waals surface area contributed by atoms with Crippen LogP contribution in [0.2, 0.25) is 0 Å². The van der Waals surface area contributed by atoms with Crippen LogP contribution in [-0.4, -0.2) is 11.5 Å². The van der Waals surface area contributed by atoms with Gasteiger partial charge in [0.15, 0.2) is 0 Å². The van der Waals surface area contributed by atoms with Crippen molar-refractivity contribution in [1.29, 1.82) is 0 Å². The Hall–Kier alpha value is -1.05. The predicted octanol–water partition coefficient (Wildman–Crippen LogP) is 3.77. The van der Waals surface area contributed by atoms with E-state index in [1.807, 2.05) is 6.20 Å². The largest absolute Gasteiger partial charge is 0.366 e. The molecule has 3 heteroatoms. The van der Waals surface area contributed by atoms with E-state index in [0.29, 0.717) is 5.92 Å². The summed E-state index contributed by atoms with van der Waals surface area (Å²) in [5.41, 5.74) is 4.12. The minimum absolute atomic E-state index is 0.0812. The van der Waals surface area contributed by atoms with E-state index in [1.54, 1.807) is 5.37 Å². The Kier molecular flexibility index (Phi) is 6.90. The molecule has 0 spiro atoms. The molecule has 0 aromatic heterocycles. The highest BCUT2D eigenvalue weighted by molar-refractivity contribution is 7.79. The molecule has 0 radical (unpaired) electrons. The topological polar surface area (TPSA) is 24.1 Å². The van der Waals surface area contributed by atoms with Crippen LogP contribution in [-0.2, 0) is 0 Å². The Morgan fingerprint density at radius 3 is 2.68 bits per heavy atom. The number of allylic oxidation sites excluding steroid dienone is 1. The van der Waals surface area contributed by atoms with Crippen molar-refractivity contribution in [3.63, 3.8) is 0 Å². The molecule has 1 aliphatic rings. The molecule has 0 bridgehead atoms. The van der Waals surface area contributed by atoms with Gasteiger partial charge in [-0.25, -0.2) is 0 Å². The normalized spacial score (nSPS) is 22.3. The molecular weight excluding hydrogens is 252 g/mol. The van der Waals surface area contributed by atoms with E-state index in [9.17, 15) is 0 Å². The monoisotopic (exact) mass is 278 g/mol. The molecule has 19 heavy (non-hydrogen) atoms. The Bertz CT molecular complexity index is 369. The second kappa shape index (κ2) is 8.19. The van der Waals surface area contributed by atoms with Gasteiger partial charge >= 0.3 is 0 Å². The van der Waals surface area contributed by atoms with Crippen LogP contribution in [0.4, 0.5) is 0 Å². The molecular formula is C16H26N2S. The molecule has 1 heterocycles. The number of hydrogen-bond donors (Lipinski definition) is 2. The average Bonchev–Trinajstić information content (AvgIpc) is 2.90. The molecule has 2 nitrogen and oxygen atoms in total. The Morgan fingerprint density at radius 2 is 2.16 bits per heavy atom. The molecule has 106 valence electrons. The lowest BCUT2D eigenvalue weighted by Crippen LogP contribution is -2.33. The minimum atomic E-state index is 0.0812. The van der Waals surface area contributed by atoms with Gasteiger partial charge in [0, 0.05) is 23.2 Å². The van der Waals surface area contributed by atoms with Gasteiger partial charge in [-0.2, -0.15) is 0 Å². The highest BCUT2D eigenvalue weighted by Gasteiger charge is 2.20. The summed E-state index contributed by atoms with van der Waals surface area (Å²) in [5.74, 6) is 1.89. The summed E-state index contributed by atoms with van der Waals surface area (Å²) < 4.78 is 0.